The standard InChI is InChI=1S/C29H38N4O3/c1-2-28(11-21-4-3-9-29(35,12-21)15-28)32-26(34)24-10-23(13-31-25(24)30)22-7-5-20(6-8-22)14-33-16-27(17-33)18-36-19-27/h5-8,10,13,21,35H,2-4,9,11-12,14-19H2,1H3,(H2,30,31)(H,32,34). The number of nitrogens with two attached hydrogens (primary N) is 1. The number of ether oxygens (including phenoxy) is 1. The second-order valence-electron chi connectivity index (χ2n) is 12.1. The average molecular weight is 491 g/mol. The number of hydrogen-bond acceptors (Lipinski definition) is 6. The molecule has 3 atom stereocenters. The Bertz CT molecular complexity index is 1140. The highest BCUT2D eigenvalue weighted by molar-refractivity contribution is 5.99. The fourth-order valence-electron chi connectivity index (χ4n) is 7.28. The molecule has 3 heterocycles. The molecule has 4 N–H and O–H groups in total. The Labute approximate surface area is 213 Å². The van der Waals surface area contributed by atoms with Crippen molar-refractivity contribution in [3.05, 3.63) is 47.7 Å². The van der Waals surface area contributed by atoms with Crippen LogP contribution in [0.3, 0.4) is 0 Å². The Hall–Kier alpha value is -2.48. The molecule has 3 unspecified atom stereocenters. The molecule has 2 aliphatic heterocycles. The molecule has 1 aromatic heterocycles. The minimum absolute atomic E-state index is 0.199. The normalized spacial score (nSPS) is 30.9. The predicted molar refractivity (Wildman–Crippen MR) is 139 cm³/mol. The molecule has 36 heavy (non-hydrogen) atoms. The van der Waals surface area contributed by atoms with Gasteiger partial charge in [-0.25, -0.2) is 4.98 Å². The van der Waals surface area contributed by atoms with Crippen molar-refractivity contribution < 1.29 is 14.6 Å². The van der Waals surface area contributed by atoms with Crippen LogP contribution in [0.2, 0.25) is 0 Å². The quantitative estimate of drug-likeness (QED) is 0.570. The average Bonchev–Trinajstić information content (AvgIpc) is 2.80. The second-order valence-corrected chi connectivity index (χ2v) is 12.1. The summed E-state index contributed by atoms with van der Waals surface area (Å²) in [5, 5.41) is 14.4. The maximum atomic E-state index is 13.5. The van der Waals surface area contributed by atoms with Crippen LogP contribution in [0.1, 0.15) is 67.8 Å². The number of nitrogens with zero attached hydrogens (tertiary/aromatic N) is 2. The van der Waals surface area contributed by atoms with Gasteiger partial charge in [0, 0.05) is 42.3 Å². The third kappa shape index (κ3) is 4.42. The van der Waals surface area contributed by atoms with E-state index in [1.165, 1.54) is 5.56 Å². The van der Waals surface area contributed by atoms with Gasteiger partial charge in [0.05, 0.1) is 24.4 Å². The van der Waals surface area contributed by atoms with Crippen LogP contribution in [-0.2, 0) is 11.3 Å². The summed E-state index contributed by atoms with van der Waals surface area (Å²) >= 11 is 0. The largest absolute Gasteiger partial charge is 0.390 e. The number of aliphatic hydroxyl groups is 1. The van der Waals surface area contributed by atoms with E-state index in [4.69, 9.17) is 10.5 Å². The number of carbonyl (C=O) groups excluding carboxylic acids is 1. The molecule has 192 valence electrons. The van der Waals surface area contributed by atoms with Crippen molar-refractivity contribution in [2.24, 2.45) is 11.3 Å². The van der Waals surface area contributed by atoms with Crippen molar-refractivity contribution in [1.29, 1.82) is 0 Å². The van der Waals surface area contributed by atoms with Crippen LogP contribution in [-0.4, -0.2) is 58.3 Å². The van der Waals surface area contributed by atoms with Gasteiger partial charge in [-0.15, -0.1) is 0 Å². The predicted octanol–water partition coefficient (Wildman–Crippen LogP) is 3.76. The Balaban J connectivity index is 1.15. The first-order chi connectivity index (χ1) is 17.3. The number of nitrogen functional groups attached to an aromatic ring is 1. The molecule has 2 saturated carbocycles. The molecule has 7 nitrogen and oxygen atoms in total. The fourth-order valence-corrected chi connectivity index (χ4v) is 7.28. The highest BCUT2D eigenvalue weighted by atomic mass is 16.5. The van der Waals surface area contributed by atoms with Crippen molar-refractivity contribution in [3.8, 4) is 11.1 Å². The molecule has 2 bridgehead atoms. The number of carbonyl (C=O) groups is 1. The molecule has 1 spiro atoms. The van der Waals surface area contributed by atoms with Gasteiger partial charge in [-0.2, -0.15) is 0 Å². The lowest BCUT2D eigenvalue weighted by atomic mass is 9.61. The van der Waals surface area contributed by atoms with Crippen molar-refractivity contribution in [2.75, 3.05) is 32.0 Å². The van der Waals surface area contributed by atoms with Crippen molar-refractivity contribution in [3.63, 3.8) is 0 Å². The van der Waals surface area contributed by atoms with E-state index in [-0.39, 0.29) is 11.7 Å². The van der Waals surface area contributed by atoms with Crippen LogP contribution in [0.4, 0.5) is 5.82 Å². The topological polar surface area (TPSA) is 101 Å². The number of amides is 1. The number of benzene rings is 1. The van der Waals surface area contributed by atoms with E-state index < -0.39 is 11.1 Å². The summed E-state index contributed by atoms with van der Waals surface area (Å²) < 4.78 is 5.37. The molecule has 1 amide bonds. The van der Waals surface area contributed by atoms with E-state index >= 15 is 0 Å². The van der Waals surface area contributed by atoms with Gasteiger partial charge >= 0.3 is 0 Å². The molecule has 2 aromatic rings. The molecule has 4 aliphatic rings. The number of fused-ring (bicyclic) bond motifs is 2. The molecule has 2 aliphatic carbocycles. The first kappa shape index (κ1) is 23.9. The van der Waals surface area contributed by atoms with E-state index in [2.05, 4.69) is 46.4 Å². The number of pyridine rings is 1. The molecule has 6 rings (SSSR count). The summed E-state index contributed by atoms with van der Waals surface area (Å²) in [5.41, 5.74) is 9.11. The number of anilines is 1. The smallest absolute Gasteiger partial charge is 0.255 e. The minimum atomic E-state index is -0.667. The van der Waals surface area contributed by atoms with Crippen LogP contribution >= 0.6 is 0 Å². The zero-order chi connectivity index (χ0) is 25.0. The number of rotatable bonds is 6. The Morgan fingerprint density at radius 2 is 2.00 bits per heavy atom. The maximum Gasteiger partial charge on any atom is 0.255 e. The summed E-state index contributed by atoms with van der Waals surface area (Å²) in [6.07, 6.45) is 7.92. The van der Waals surface area contributed by atoms with Crippen LogP contribution in [0.15, 0.2) is 36.5 Å². The summed E-state index contributed by atoms with van der Waals surface area (Å²) in [6.45, 7) is 7.10. The lowest BCUT2D eigenvalue weighted by Crippen LogP contribution is -2.65. The highest BCUT2D eigenvalue weighted by Gasteiger charge is 2.50. The van der Waals surface area contributed by atoms with Crippen molar-refractivity contribution in [1.82, 2.24) is 15.2 Å². The zero-order valence-electron chi connectivity index (χ0n) is 21.3. The van der Waals surface area contributed by atoms with Gasteiger partial charge < -0.3 is 20.9 Å². The zero-order valence-corrected chi connectivity index (χ0v) is 21.3. The molecule has 0 radical (unpaired) electrons. The monoisotopic (exact) mass is 490 g/mol. The third-order valence-corrected chi connectivity index (χ3v) is 9.12. The first-order valence-corrected chi connectivity index (χ1v) is 13.5. The minimum Gasteiger partial charge on any atom is -0.390 e. The van der Waals surface area contributed by atoms with Gasteiger partial charge in [-0.05, 0) is 55.2 Å². The first-order valence-electron chi connectivity index (χ1n) is 13.5. The maximum absolute atomic E-state index is 13.5. The molecule has 2 saturated heterocycles. The van der Waals surface area contributed by atoms with Crippen LogP contribution in [0, 0.1) is 11.3 Å². The van der Waals surface area contributed by atoms with Gasteiger partial charge in [-0.1, -0.05) is 44.0 Å². The van der Waals surface area contributed by atoms with E-state index in [0.717, 1.165) is 82.5 Å². The van der Waals surface area contributed by atoms with E-state index in [0.29, 0.717) is 23.3 Å². The van der Waals surface area contributed by atoms with Gasteiger partial charge in [0.1, 0.15) is 5.82 Å². The van der Waals surface area contributed by atoms with Crippen molar-refractivity contribution >= 4 is 11.7 Å². The molecule has 1 aromatic carbocycles. The number of nitrogens with one attached hydrogen (secondary N) is 1. The molecular weight excluding hydrogens is 452 g/mol. The van der Waals surface area contributed by atoms with Gasteiger partial charge in [0.15, 0.2) is 0 Å². The second kappa shape index (κ2) is 8.82. The summed E-state index contributed by atoms with van der Waals surface area (Å²) in [7, 11) is 0. The van der Waals surface area contributed by atoms with Crippen LogP contribution < -0.4 is 11.1 Å². The SMILES string of the molecule is CCC1(NC(=O)c2cc(-c3ccc(CN4CC5(COC5)C4)cc3)cnc2N)CC2CCCC(O)(C2)C1. The lowest BCUT2D eigenvalue weighted by molar-refractivity contribution is -0.191. The lowest BCUT2D eigenvalue weighted by Gasteiger charge is -2.55. The van der Waals surface area contributed by atoms with E-state index in [1.54, 1.807) is 6.20 Å². The van der Waals surface area contributed by atoms with E-state index in [9.17, 15) is 9.90 Å². The Morgan fingerprint density at radius 3 is 2.67 bits per heavy atom. The third-order valence-electron chi connectivity index (χ3n) is 9.12. The Kier molecular flexibility index (Phi) is 5.85. The number of hydrogen-bond donors (Lipinski definition) is 3. The Morgan fingerprint density at radius 1 is 1.22 bits per heavy atom. The summed E-state index contributed by atoms with van der Waals surface area (Å²) in [6, 6.07) is 10.3. The summed E-state index contributed by atoms with van der Waals surface area (Å²) in [5.74, 6) is 0.498. The number of aromatic nitrogens is 1. The van der Waals surface area contributed by atoms with Crippen LogP contribution in [0.5, 0.6) is 0 Å². The van der Waals surface area contributed by atoms with Crippen molar-refractivity contribution in [2.45, 2.75) is 69.6 Å². The van der Waals surface area contributed by atoms with Gasteiger partial charge in [0.2, 0.25) is 0 Å². The van der Waals surface area contributed by atoms with Gasteiger partial charge in [0.25, 0.3) is 5.91 Å². The summed E-state index contributed by atoms with van der Waals surface area (Å²) in [4.78, 5) is 20.3. The van der Waals surface area contributed by atoms with Crippen LogP contribution in [0.25, 0.3) is 11.1 Å². The van der Waals surface area contributed by atoms with Gasteiger partial charge in [-0.3, -0.25) is 9.69 Å². The fraction of sp³-hybridized carbons (Fsp3) is 0.586. The van der Waals surface area contributed by atoms with E-state index in [1.807, 2.05) is 6.07 Å². The molecule has 7 heteroatoms. The molecule has 4 fully saturated rings. The number of likely N-dealkylation sites (tertiary alicyclic amines) is 1. The highest BCUT2D eigenvalue weighted by Crippen LogP contribution is 2.48. The molecular formula is C29H38N4O3.